The van der Waals surface area contributed by atoms with E-state index in [0.717, 1.165) is 22.0 Å². The number of nitrogens with one attached hydrogen (secondary N) is 2. The van der Waals surface area contributed by atoms with Crippen LogP contribution in [0.25, 0.3) is 0 Å². The van der Waals surface area contributed by atoms with Gasteiger partial charge in [-0.15, -0.1) is 11.3 Å². The minimum atomic E-state index is -0.191. The number of carbonyl (C=O) groups is 1. The highest BCUT2D eigenvalue weighted by atomic mass is 32.1. The quantitative estimate of drug-likeness (QED) is 0.911. The van der Waals surface area contributed by atoms with E-state index in [2.05, 4.69) is 29.5 Å². The molecule has 0 fully saturated rings. The standard InChI is InChI=1S/C15H17N3O2S/c1-15(2,14-16-5-6-21-14)17-8-10-3-4-12-11(7-10)18-13(19)9-20-12/h3-7,17H,8-9H2,1-2H3,(H,18,19). The lowest BCUT2D eigenvalue weighted by Crippen LogP contribution is -2.35. The number of rotatable bonds is 4. The molecule has 0 aliphatic carbocycles. The number of anilines is 1. The molecule has 0 atom stereocenters. The van der Waals surface area contributed by atoms with Crippen molar-refractivity contribution in [2.24, 2.45) is 0 Å². The Labute approximate surface area is 127 Å². The monoisotopic (exact) mass is 303 g/mol. The van der Waals surface area contributed by atoms with Crippen LogP contribution in [0, 0.1) is 0 Å². The second kappa shape index (κ2) is 5.46. The van der Waals surface area contributed by atoms with Crippen molar-refractivity contribution in [3.05, 3.63) is 40.3 Å². The first-order valence-corrected chi connectivity index (χ1v) is 7.63. The van der Waals surface area contributed by atoms with Crippen LogP contribution in [-0.2, 0) is 16.9 Å². The Morgan fingerprint density at radius 2 is 2.33 bits per heavy atom. The third kappa shape index (κ3) is 3.06. The highest BCUT2D eigenvalue weighted by Gasteiger charge is 2.23. The molecular formula is C15H17N3O2S. The van der Waals surface area contributed by atoms with Crippen LogP contribution in [0.15, 0.2) is 29.8 Å². The summed E-state index contributed by atoms with van der Waals surface area (Å²) in [6, 6.07) is 5.83. The number of ether oxygens (including phenoxy) is 1. The Bertz CT molecular complexity index is 653. The van der Waals surface area contributed by atoms with Crippen LogP contribution >= 0.6 is 11.3 Å². The molecule has 0 unspecified atom stereocenters. The van der Waals surface area contributed by atoms with Crippen LogP contribution in [-0.4, -0.2) is 17.5 Å². The number of nitrogens with zero attached hydrogens (tertiary/aromatic N) is 1. The van der Waals surface area contributed by atoms with Gasteiger partial charge in [-0.2, -0.15) is 0 Å². The van der Waals surface area contributed by atoms with E-state index in [9.17, 15) is 4.79 Å². The molecule has 0 saturated carbocycles. The summed E-state index contributed by atoms with van der Waals surface area (Å²) >= 11 is 1.64. The maximum atomic E-state index is 11.4. The zero-order valence-electron chi connectivity index (χ0n) is 12.0. The van der Waals surface area contributed by atoms with Crippen molar-refractivity contribution in [2.75, 3.05) is 11.9 Å². The molecule has 0 saturated heterocycles. The maximum Gasteiger partial charge on any atom is 0.262 e. The minimum Gasteiger partial charge on any atom is -0.482 e. The van der Waals surface area contributed by atoms with Crippen LogP contribution in [0.3, 0.4) is 0 Å². The first kappa shape index (κ1) is 14.0. The summed E-state index contributed by atoms with van der Waals surface area (Å²) < 4.78 is 5.35. The molecule has 2 heterocycles. The van der Waals surface area contributed by atoms with Crippen LogP contribution in [0.2, 0.25) is 0 Å². The Kier molecular flexibility index (Phi) is 3.65. The topological polar surface area (TPSA) is 63.2 Å². The Hall–Kier alpha value is -1.92. The fourth-order valence-corrected chi connectivity index (χ4v) is 2.91. The molecule has 1 aromatic heterocycles. The average Bonchev–Trinajstić information content (AvgIpc) is 3.00. The van der Waals surface area contributed by atoms with Crippen LogP contribution in [0.5, 0.6) is 5.75 Å². The Balaban J connectivity index is 1.71. The first-order valence-electron chi connectivity index (χ1n) is 6.75. The van der Waals surface area contributed by atoms with Gasteiger partial charge in [0.05, 0.1) is 11.2 Å². The Morgan fingerprint density at radius 1 is 1.48 bits per heavy atom. The second-order valence-corrected chi connectivity index (χ2v) is 6.38. The Morgan fingerprint density at radius 3 is 3.10 bits per heavy atom. The summed E-state index contributed by atoms with van der Waals surface area (Å²) in [4.78, 5) is 15.7. The summed E-state index contributed by atoms with van der Waals surface area (Å²) in [5, 5.41) is 9.34. The van der Waals surface area contributed by atoms with Crippen LogP contribution in [0.4, 0.5) is 5.69 Å². The van der Waals surface area contributed by atoms with Crippen molar-refractivity contribution in [3.8, 4) is 5.75 Å². The van der Waals surface area contributed by atoms with Gasteiger partial charge in [0, 0.05) is 18.1 Å². The number of fused-ring (bicyclic) bond motifs is 1. The van der Waals surface area contributed by atoms with Gasteiger partial charge in [0.1, 0.15) is 10.8 Å². The number of aromatic nitrogens is 1. The predicted octanol–water partition coefficient (Wildman–Crippen LogP) is 2.50. The summed E-state index contributed by atoms with van der Waals surface area (Å²) in [6.07, 6.45) is 1.81. The SMILES string of the molecule is CC(C)(NCc1ccc2c(c1)NC(=O)CO2)c1nccs1. The molecule has 1 amide bonds. The number of hydrogen-bond donors (Lipinski definition) is 2. The van der Waals surface area contributed by atoms with E-state index in [1.54, 1.807) is 11.3 Å². The van der Waals surface area contributed by atoms with E-state index in [4.69, 9.17) is 4.74 Å². The van der Waals surface area contributed by atoms with Gasteiger partial charge >= 0.3 is 0 Å². The van der Waals surface area contributed by atoms with Gasteiger partial charge in [0.25, 0.3) is 5.91 Å². The molecule has 0 radical (unpaired) electrons. The lowest BCUT2D eigenvalue weighted by Gasteiger charge is -2.24. The molecule has 6 heteroatoms. The van der Waals surface area contributed by atoms with Gasteiger partial charge in [-0.05, 0) is 31.5 Å². The number of hydrogen-bond acceptors (Lipinski definition) is 5. The van der Waals surface area contributed by atoms with Crippen molar-refractivity contribution < 1.29 is 9.53 Å². The summed E-state index contributed by atoms with van der Waals surface area (Å²) in [6.45, 7) is 4.99. The molecule has 3 rings (SSSR count). The fraction of sp³-hybridized carbons (Fsp3) is 0.333. The molecule has 2 aromatic rings. The molecule has 1 aliphatic rings. The minimum absolute atomic E-state index is 0.0850. The normalized spacial score (nSPS) is 14.3. The molecule has 0 bridgehead atoms. The highest BCUT2D eigenvalue weighted by molar-refractivity contribution is 7.09. The number of thiazole rings is 1. The smallest absolute Gasteiger partial charge is 0.262 e. The van der Waals surface area contributed by atoms with E-state index in [1.807, 2.05) is 29.8 Å². The fourth-order valence-electron chi connectivity index (χ4n) is 2.17. The maximum absolute atomic E-state index is 11.4. The van der Waals surface area contributed by atoms with Crippen molar-refractivity contribution >= 4 is 22.9 Å². The molecule has 0 spiro atoms. The zero-order valence-corrected chi connectivity index (χ0v) is 12.8. The van der Waals surface area contributed by atoms with Gasteiger partial charge < -0.3 is 15.4 Å². The molecule has 110 valence electrons. The van der Waals surface area contributed by atoms with E-state index >= 15 is 0 Å². The van der Waals surface area contributed by atoms with Crippen molar-refractivity contribution in [2.45, 2.75) is 25.9 Å². The number of carbonyl (C=O) groups excluding carboxylic acids is 1. The van der Waals surface area contributed by atoms with E-state index < -0.39 is 0 Å². The van der Waals surface area contributed by atoms with Gasteiger partial charge in [0.15, 0.2) is 6.61 Å². The molecule has 1 aromatic carbocycles. The molecule has 1 aliphatic heterocycles. The molecular weight excluding hydrogens is 286 g/mol. The van der Waals surface area contributed by atoms with Gasteiger partial charge in [-0.1, -0.05) is 6.07 Å². The van der Waals surface area contributed by atoms with Crippen LogP contribution < -0.4 is 15.4 Å². The number of benzene rings is 1. The molecule has 2 N–H and O–H groups in total. The molecule has 5 nitrogen and oxygen atoms in total. The predicted molar refractivity (Wildman–Crippen MR) is 82.5 cm³/mol. The van der Waals surface area contributed by atoms with Crippen molar-refractivity contribution in [1.29, 1.82) is 0 Å². The highest BCUT2D eigenvalue weighted by Crippen LogP contribution is 2.29. The summed E-state index contributed by atoms with van der Waals surface area (Å²) in [5.41, 5.74) is 1.63. The van der Waals surface area contributed by atoms with Crippen molar-refractivity contribution in [1.82, 2.24) is 10.3 Å². The van der Waals surface area contributed by atoms with Gasteiger partial charge in [0.2, 0.25) is 0 Å². The third-order valence-electron chi connectivity index (χ3n) is 3.38. The average molecular weight is 303 g/mol. The molecule has 21 heavy (non-hydrogen) atoms. The summed E-state index contributed by atoms with van der Waals surface area (Å²) in [5.74, 6) is 0.605. The lowest BCUT2D eigenvalue weighted by molar-refractivity contribution is -0.118. The summed E-state index contributed by atoms with van der Waals surface area (Å²) in [7, 11) is 0. The largest absolute Gasteiger partial charge is 0.482 e. The van der Waals surface area contributed by atoms with E-state index in [1.165, 1.54) is 0 Å². The van der Waals surface area contributed by atoms with Crippen LogP contribution in [0.1, 0.15) is 24.4 Å². The van der Waals surface area contributed by atoms with Gasteiger partial charge in [-0.25, -0.2) is 4.98 Å². The first-order chi connectivity index (χ1) is 10.0. The lowest BCUT2D eigenvalue weighted by atomic mass is 10.1. The van der Waals surface area contributed by atoms with E-state index in [0.29, 0.717) is 6.54 Å². The van der Waals surface area contributed by atoms with E-state index in [-0.39, 0.29) is 18.1 Å². The zero-order chi connectivity index (χ0) is 14.9. The van der Waals surface area contributed by atoms with Gasteiger partial charge in [-0.3, -0.25) is 4.79 Å². The number of amides is 1. The third-order valence-corrected chi connectivity index (χ3v) is 4.48. The second-order valence-electron chi connectivity index (χ2n) is 5.48. The van der Waals surface area contributed by atoms with Crippen molar-refractivity contribution in [3.63, 3.8) is 0 Å².